The normalized spacial score (nSPS) is 13.4. The summed E-state index contributed by atoms with van der Waals surface area (Å²) >= 11 is 0. The van der Waals surface area contributed by atoms with Gasteiger partial charge in [0.15, 0.2) is 0 Å². The van der Waals surface area contributed by atoms with E-state index in [1.807, 2.05) is 25.9 Å². The van der Waals surface area contributed by atoms with Gasteiger partial charge in [0.1, 0.15) is 4.90 Å². The maximum Gasteiger partial charge on any atom is 0.335 e. The molecule has 112 valence electrons. The SMILES string of the molecule is CC(CNS(=O)(=O)c1ccc(C(=O)O)cc1N)N(C)C. The highest BCUT2D eigenvalue weighted by atomic mass is 32.2. The lowest BCUT2D eigenvalue weighted by Crippen LogP contribution is -2.38. The van der Waals surface area contributed by atoms with Crippen molar-refractivity contribution < 1.29 is 18.3 Å². The number of aromatic carboxylic acids is 1. The molecule has 0 aromatic heterocycles. The Bertz CT molecular complexity index is 599. The summed E-state index contributed by atoms with van der Waals surface area (Å²) in [6.07, 6.45) is 0. The number of benzene rings is 1. The van der Waals surface area contributed by atoms with Crippen molar-refractivity contribution >= 4 is 21.7 Å². The highest BCUT2D eigenvalue weighted by Gasteiger charge is 2.19. The van der Waals surface area contributed by atoms with Gasteiger partial charge in [0.25, 0.3) is 0 Å². The predicted octanol–water partition coefficient (Wildman–Crippen LogP) is 0.195. The number of likely N-dealkylation sites (N-methyl/N-ethyl adjacent to an activating group) is 1. The third-order valence-electron chi connectivity index (χ3n) is 3.00. The van der Waals surface area contributed by atoms with Gasteiger partial charge < -0.3 is 15.7 Å². The Labute approximate surface area is 118 Å². The molecular formula is C12H19N3O4S. The van der Waals surface area contributed by atoms with E-state index in [2.05, 4.69) is 4.72 Å². The van der Waals surface area contributed by atoms with E-state index >= 15 is 0 Å². The number of rotatable bonds is 6. The van der Waals surface area contributed by atoms with E-state index in [1.165, 1.54) is 12.1 Å². The summed E-state index contributed by atoms with van der Waals surface area (Å²) in [6, 6.07) is 3.56. The van der Waals surface area contributed by atoms with Crippen LogP contribution in [-0.2, 0) is 10.0 Å². The Balaban J connectivity index is 2.96. The summed E-state index contributed by atoms with van der Waals surface area (Å²) < 4.78 is 26.7. The van der Waals surface area contributed by atoms with Crippen LogP contribution in [0.2, 0.25) is 0 Å². The molecule has 0 fully saturated rings. The molecule has 0 aliphatic carbocycles. The number of hydrogen-bond acceptors (Lipinski definition) is 5. The van der Waals surface area contributed by atoms with Gasteiger partial charge in [-0.05, 0) is 39.2 Å². The van der Waals surface area contributed by atoms with Crippen LogP contribution in [-0.4, -0.2) is 51.1 Å². The molecule has 4 N–H and O–H groups in total. The van der Waals surface area contributed by atoms with Crippen LogP contribution in [0.3, 0.4) is 0 Å². The Kier molecular flexibility index (Phi) is 5.09. The monoisotopic (exact) mass is 301 g/mol. The molecule has 8 heteroatoms. The van der Waals surface area contributed by atoms with Crippen molar-refractivity contribution in [3.05, 3.63) is 23.8 Å². The van der Waals surface area contributed by atoms with Crippen LogP contribution in [0.15, 0.2) is 23.1 Å². The second-order valence-electron chi connectivity index (χ2n) is 4.72. The van der Waals surface area contributed by atoms with E-state index in [-0.39, 0.29) is 28.7 Å². The molecular weight excluding hydrogens is 282 g/mol. The Morgan fingerprint density at radius 1 is 1.45 bits per heavy atom. The number of nitrogen functional groups attached to an aromatic ring is 1. The van der Waals surface area contributed by atoms with Crippen molar-refractivity contribution in [1.82, 2.24) is 9.62 Å². The highest BCUT2D eigenvalue weighted by molar-refractivity contribution is 7.89. The van der Waals surface area contributed by atoms with Crippen LogP contribution in [0.5, 0.6) is 0 Å². The summed E-state index contributed by atoms with van der Waals surface area (Å²) in [5.74, 6) is -1.16. The Hall–Kier alpha value is -1.64. The van der Waals surface area contributed by atoms with E-state index < -0.39 is 16.0 Å². The zero-order valence-electron chi connectivity index (χ0n) is 11.6. The standard InChI is InChI=1S/C12H19N3O4S/c1-8(15(2)3)7-14-20(18,19)11-5-4-9(12(16)17)6-10(11)13/h4-6,8,14H,7,13H2,1-3H3,(H,16,17). The molecule has 1 unspecified atom stereocenters. The van der Waals surface area contributed by atoms with Gasteiger partial charge >= 0.3 is 5.97 Å². The number of anilines is 1. The minimum Gasteiger partial charge on any atom is -0.478 e. The van der Waals surface area contributed by atoms with Crippen LogP contribution in [0.25, 0.3) is 0 Å². The van der Waals surface area contributed by atoms with Crippen LogP contribution in [0.1, 0.15) is 17.3 Å². The number of nitrogens with one attached hydrogen (secondary N) is 1. The number of carbonyl (C=O) groups is 1. The van der Waals surface area contributed by atoms with Gasteiger partial charge in [-0.15, -0.1) is 0 Å². The van der Waals surface area contributed by atoms with Crippen molar-refractivity contribution in [3.63, 3.8) is 0 Å². The second kappa shape index (κ2) is 6.21. The zero-order valence-corrected chi connectivity index (χ0v) is 12.4. The molecule has 1 rings (SSSR count). The summed E-state index contributed by atoms with van der Waals surface area (Å²) in [5, 5.41) is 8.81. The van der Waals surface area contributed by atoms with Crippen LogP contribution >= 0.6 is 0 Å². The number of nitrogens with two attached hydrogens (primary N) is 1. The van der Waals surface area contributed by atoms with Gasteiger partial charge in [-0.2, -0.15) is 0 Å². The van der Waals surface area contributed by atoms with E-state index in [9.17, 15) is 13.2 Å². The molecule has 0 saturated carbocycles. The first-order valence-electron chi connectivity index (χ1n) is 5.94. The van der Waals surface area contributed by atoms with Crippen molar-refractivity contribution in [2.24, 2.45) is 0 Å². The summed E-state index contributed by atoms with van der Waals surface area (Å²) in [7, 11) is -0.0721. The topological polar surface area (TPSA) is 113 Å². The van der Waals surface area contributed by atoms with Gasteiger partial charge in [-0.1, -0.05) is 0 Å². The lowest BCUT2D eigenvalue weighted by Gasteiger charge is -2.20. The van der Waals surface area contributed by atoms with Crippen molar-refractivity contribution in [1.29, 1.82) is 0 Å². The number of sulfonamides is 1. The molecule has 0 saturated heterocycles. The minimum atomic E-state index is -3.76. The van der Waals surface area contributed by atoms with Gasteiger partial charge in [-0.3, -0.25) is 0 Å². The molecule has 0 amide bonds. The largest absolute Gasteiger partial charge is 0.478 e. The molecule has 0 bridgehead atoms. The van der Waals surface area contributed by atoms with E-state index in [1.54, 1.807) is 0 Å². The zero-order chi connectivity index (χ0) is 15.5. The van der Waals surface area contributed by atoms with Gasteiger partial charge in [0, 0.05) is 12.6 Å². The summed E-state index contributed by atoms with van der Waals surface area (Å²) in [5.41, 5.74) is 5.48. The maximum absolute atomic E-state index is 12.1. The first-order chi connectivity index (χ1) is 9.15. The fourth-order valence-electron chi connectivity index (χ4n) is 1.42. The van der Waals surface area contributed by atoms with Crippen LogP contribution in [0, 0.1) is 0 Å². The van der Waals surface area contributed by atoms with Gasteiger partial charge in [0.05, 0.1) is 11.3 Å². The third-order valence-corrected chi connectivity index (χ3v) is 4.49. The number of hydrogen-bond donors (Lipinski definition) is 3. The quantitative estimate of drug-likeness (QED) is 0.647. The number of carboxylic acid groups (broad SMARTS) is 1. The highest BCUT2D eigenvalue weighted by Crippen LogP contribution is 2.19. The van der Waals surface area contributed by atoms with E-state index in [0.717, 1.165) is 6.07 Å². The number of carboxylic acids is 1. The average Bonchev–Trinajstić information content (AvgIpc) is 2.35. The molecule has 0 aliphatic heterocycles. The third kappa shape index (κ3) is 3.92. The first kappa shape index (κ1) is 16.4. The summed E-state index contributed by atoms with van der Waals surface area (Å²) in [6.45, 7) is 2.11. The van der Waals surface area contributed by atoms with Gasteiger partial charge in [-0.25, -0.2) is 17.9 Å². The first-order valence-corrected chi connectivity index (χ1v) is 7.42. The van der Waals surface area contributed by atoms with Crippen LogP contribution in [0.4, 0.5) is 5.69 Å². The molecule has 0 radical (unpaired) electrons. The average molecular weight is 301 g/mol. The second-order valence-corrected chi connectivity index (χ2v) is 6.46. The number of nitrogens with zero attached hydrogens (tertiary/aromatic N) is 1. The lowest BCUT2D eigenvalue weighted by atomic mass is 10.2. The molecule has 7 nitrogen and oxygen atoms in total. The van der Waals surface area contributed by atoms with Gasteiger partial charge in [0.2, 0.25) is 10.0 Å². The predicted molar refractivity (Wildman–Crippen MR) is 76.2 cm³/mol. The lowest BCUT2D eigenvalue weighted by molar-refractivity contribution is 0.0697. The molecule has 1 atom stereocenters. The molecule has 1 aromatic rings. The molecule has 1 aromatic carbocycles. The fraction of sp³-hybridized carbons (Fsp3) is 0.417. The summed E-state index contributed by atoms with van der Waals surface area (Å²) in [4.78, 5) is 12.5. The van der Waals surface area contributed by atoms with Crippen LogP contribution < -0.4 is 10.5 Å². The van der Waals surface area contributed by atoms with E-state index in [4.69, 9.17) is 10.8 Å². The molecule has 0 spiro atoms. The van der Waals surface area contributed by atoms with Crippen molar-refractivity contribution in [2.45, 2.75) is 17.9 Å². The van der Waals surface area contributed by atoms with Crippen molar-refractivity contribution in [3.8, 4) is 0 Å². The maximum atomic E-state index is 12.1. The fourth-order valence-corrected chi connectivity index (χ4v) is 2.65. The Morgan fingerprint density at radius 3 is 2.50 bits per heavy atom. The smallest absolute Gasteiger partial charge is 0.335 e. The molecule has 0 aliphatic rings. The Morgan fingerprint density at radius 2 is 2.05 bits per heavy atom. The van der Waals surface area contributed by atoms with Crippen molar-refractivity contribution in [2.75, 3.05) is 26.4 Å². The molecule has 0 heterocycles. The molecule has 20 heavy (non-hydrogen) atoms. The minimum absolute atomic E-state index is 0.0179. The van der Waals surface area contributed by atoms with E-state index in [0.29, 0.717) is 0 Å².